The van der Waals surface area contributed by atoms with Gasteiger partial charge >= 0.3 is 0 Å². The predicted octanol–water partition coefficient (Wildman–Crippen LogP) is 5.17. The molecule has 3 heteroatoms. The van der Waals surface area contributed by atoms with Crippen LogP contribution >= 0.6 is 11.6 Å². The van der Waals surface area contributed by atoms with Crippen molar-refractivity contribution in [2.45, 2.75) is 39.2 Å². The lowest BCUT2D eigenvalue weighted by Gasteiger charge is -2.22. The summed E-state index contributed by atoms with van der Waals surface area (Å²) in [7, 11) is 0. The van der Waals surface area contributed by atoms with E-state index in [2.05, 4.69) is 25.2 Å². The van der Waals surface area contributed by atoms with Crippen molar-refractivity contribution >= 4 is 22.6 Å². The smallest absolute Gasteiger partial charge is 0.134 e. The molecule has 0 radical (unpaired) electrons. The fourth-order valence-electron chi connectivity index (χ4n) is 3.46. The molecule has 3 rings (SSSR count). The van der Waals surface area contributed by atoms with E-state index in [1.54, 1.807) is 0 Å². The maximum Gasteiger partial charge on any atom is 0.134 e. The summed E-state index contributed by atoms with van der Waals surface area (Å²) in [4.78, 5) is 0. The van der Waals surface area contributed by atoms with Gasteiger partial charge in [-0.2, -0.15) is 0 Å². The lowest BCUT2D eigenvalue weighted by atomic mass is 9.94. The van der Waals surface area contributed by atoms with Gasteiger partial charge in [0.05, 0.1) is 6.04 Å². The molecule has 1 aromatic heterocycles. The first kappa shape index (κ1) is 14.0. The van der Waals surface area contributed by atoms with Crippen LogP contribution in [0.3, 0.4) is 0 Å². The van der Waals surface area contributed by atoms with Gasteiger partial charge in [0.2, 0.25) is 0 Å². The monoisotopic (exact) mass is 291 g/mol. The standard InChI is InChI=1S/C17H22ClNO/c1-3-19-17(12-5-4-11(2)8-12)16-10-13-9-14(18)6-7-15(13)20-16/h6-7,9-12,17,19H,3-5,8H2,1-2H3. The average Bonchev–Trinajstić information content (AvgIpc) is 3.01. The Bertz CT molecular complexity index is 592. The maximum atomic E-state index is 6.06. The van der Waals surface area contributed by atoms with Crippen LogP contribution in [-0.4, -0.2) is 6.54 Å². The van der Waals surface area contributed by atoms with Crippen molar-refractivity contribution in [1.82, 2.24) is 5.32 Å². The highest BCUT2D eigenvalue weighted by Gasteiger charge is 2.31. The molecule has 1 fully saturated rings. The molecule has 1 aliphatic rings. The van der Waals surface area contributed by atoms with Crippen LogP contribution in [0.25, 0.3) is 11.0 Å². The normalized spacial score (nSPS) is 24.4. The molecule has 1 saturated carbocycles. The summed E-state index contributed by atoms with van der Waals surface area (Å²) in [5.41, 5.74) is 0.929. The fourth-order valence-corrected chi connectivity index (χ4v) is 3.64. The molecule has 20 heavy (non-hydrogen) atoms. The minimum atomic E-state index is 0.330. The molecular formula is C17H22ClNO. The van der Waals surface area contributed by atoms with Gasteiger partial charge in [-0.15, -0.1) is 0 Å². The quantitative estimate of drug-likeness (QED) is 0.840. The molecule has 3 unspecified atom stereocenters. The molecule has 2 aromatic rings. The first-order valence-corrected chi connectivity index (χ1v) is 7.97. The van der Waals surface area contributed by atoms with E-state index < -0.39 is 0 Å². The number of benzene rings is 1. The molecule has 108 valence electrons. The van der Waals surface area contributed by atoms with Crippen LogP contribution in [0.5, 0.6) is 0 Å². The van der Waals surface area contributed by atoms with Crippen LogP contribution in [0.1, 0.15) is 44.9 Å². The maximum absolute atomic E-state index is 6.06. The van der Waals surface area contributed by atoms with Gasteiger partial charge in [0.25, 0.3) is 0 Å². The van der Waals surface area contributed by atoms with Crippen molar-refractivity contribution in [2.75, 3.05) is 6.54 Å². The number of furan rings is 1. The number of hydrogen-bond acceptors (Lipinski definition) is 2. The van der Waals surface area contributed by atoms with E-state index in [1.165, 1.54) is 19.3 Å². The number of hydrogen-bond donors (Lipinski definition) is 1. The molecule has 1 heterocycles. The molecule has 3 atom stereocenters. The molecule has 2 nitrogen and oxygen atoms in total. The highest BCUT2D eigenvalue weighted by atomic mass is 35.5. The SMILES string of the molecule is CCNC(c1cc2cc(Cl)ccc2o1)C1CCC(C)C1. The Morgan fingerprint density at radius 1 is 1.35 bits per heavy atom. The van der Waals surface area contributed by atoms with Crippen molar-refractivity contribution in [3.63, 3.8) is 0 Å². The highest BCUT2D eigenvalue weighted by molar-refractivity contribution is 6.31. The van der Waals surface area contributed by atoms with Gasteiger partial charge in [-0.3, -0.25) is 0 Å². The number of fused-ring (bicyclic) bond motifs is 1. The third kappa shape index (κ3) is 2.72. The van der Waals surface area contributed by atoms with Crippen molar-refractivity contribution in [3.8, 4) is 0 Å². The second-order valence-corrected chi connectivity index (χ2v) is 6.48. The summed E-state index contributed by atoms with van der Waals surface area (Å²) in [6.45, 7) is 5.47. The molecule has 0 amide bonds. The van der Waals surface area contributed by atoms with Crippen molar-refractivity contribution in [3.05, 3.63) is 35.0 Å². The van der Waals surface area contributed by atoms with Crippen LogP contribution in [0, 0.1) is 11.8 Å². The summed E-state index contributed by atoms with van der Waals surface area (Å²) >= 11 is 6.06. The lowest BCUT2D eigenvalue weighted by Crippen LogP contribution is -2.26. The zero-order valence-corrected chi connectivity index (χ0v) is 12.9. The topological polar surface area (TPSA) is 25.2 Å². The third-order valence-electron chi connectivity index (χ3n) is 4.43. The van der Waals surface area contributed by atoms with Crippen LogP contribution < -0.4 is 5.32 Å². The Kier molecular flexibility index (Phi) is 4.04. The Balaban J connectivity index is 1.92. The van der Waals surface area contributed by atoms with Gasteiger partial charge in [-0.1, -0.05) is 31.9 Å². The molecule has 0 saturated heterocycles. The van der Waals surface area contributed by atoms with Gasteiger partial charge in [0.15, 0.2) is 0 Å². The zero-order valence-electron chi connectivity index (χ0n) is 12.2. The highest BCUT2D eigenvalue weighted by Crippen LogP contribution is 2.40. The number of halogens is 1. The van der Waals surface area contributed by atoms with E-state index in [0.29, 0.717) is 12.0 Å². The molecule has 1 N–H and O–H groups in total. The van der Waals surface area contributed by atoms with E-state index in [-0.39, 0.29) is 0 Å². The molecular weight excluding hydrogens is 270 g/mol. The number of rotatable bonds is 4. The first-order chi connectivity index (χ1) is 9.67. The van der Waals surface area contributed by atoms with Crippen molar-refractivity contribution in [1.29, 1.82) is 0 Å². The van der Waals surface area contributed by atoms with Crippen molar-refractivity contribution in [2.24, 2.45) is 11.8 Å². The van der Waals surface area contributed by atoms with Gasteiger partial charge in [0.1, 0.15) is 11.3 Å². The lowest BCUT2D eigenvalue weighted by molar-refractivity contribution is 0.318. The Labute approximate surface area is 125 Å². The summed E-state index contributed by atoms with van der Waals surface area (Å²) < 4.78 is 6.06. The van der Waals surface area contributed by atoms with E-state index in [4.69, 9.17) is 16.0 Å². The predicted molar refractivity (Wildman–Crippen MR) is 84.1 cm³/mol. The Morgan fingerprint density at radius 3 is 2.90 bits per heavy atom. The van der Waals surface area contributed by atoms with Gasteiger partial charge < -0.3 is 9.73 Å². The van der Waals surface area contributed by atoms with Crippen LogP contribution in [0.4, 0.5) is 0 Å². The van der Waals surface area contributed by atoms with E-state index in [0.717, 1.165) is 34.2 Å². The Morgan fingerprint density at radius 2 is 2.20 bits per heavy atom. The molecule has 0 spiro atoms. The molecule has 1 aliphatic carbocycles. The minimum absolute atomic E-state index is 0.330. The van der Waals surface area contributed by atoms with Crippen molar-refractivity contribution < 1.29 is 4.42 Å². The summed E-state index contributed by atoms with van der Waals surface area (Å²) in [6.07, 6.45) is 3.91. The Hall–Kier alpha value is -0.990. The van der Waals surface area contributed by atoms with Gasteiger partial charge in [-0.05, 0) is 55.5 Å². The van der Waals surface area contributed by atoms with E-state index in [1.807, 2.05) is 18.2 Å². The molecule has 0 aliphatic heterocycles. The average molecular weight is 292 g/mol. The van der Waals surface area contributed by atoms with Gasteiger partial charge in [-0.25, -0.2) is 0 Å². The van der Waals surface area contributed by atoms with E-state index in [9.17, 15) is 0 Å². The summed E-state index contributed by atoms with van der Waals surface area (Å²) in [6, 6.07) is 8.30. The molecule has 1 aromatic carbocycles. The van der Waals surface area contributed by atoms with Gasteiger partial charge in [0, 0.05) is 10.4 Å². The second-order valence-electron chi connectivity index (χ2n) is 6.04. The largest absolute Gasteiger partial charge is 0.459 e. The van der Waals surface area contributed by atoms with E-state index >= 15 is 0 Å². The number of nitrogens with one attached hydrogen (secondary N) is 1. The zero-order chi connectivity index (χ0) is 14.1. The third-order valence-corrected chi connectivity index (χ3v) is 4.67. The summed E-state index contributed by atoms with van der Waals surface area (Å²) in [5.74, 6) is 2.57. The van der Waals surface area contributed by atoms with Crippen LogP contribution in [0.2, 0.25) is 5.02 Å². The minimum Gasteiger partial charge on any atom is -0.459 e. The van der Waals surface area contributed by atoms with Crippen LogP contribution in [-0.2, 0) is 0 Å². The fraction of sp³-hybridized carbons (Fsp3) is 0.529. The summed E-state index contributed by atoms with van der Waals surface area (Å²) in [5, 5.41) is 5.47. The molecule has 0 bridgehead atoms. The second kappa shape index (κ2) is 5.79. The van der Waals surface area contributed by atoms with Crippen LogP contribution in [0.15, 0.2) is 28.7 Å². The first-order valence-electron chi connectivity index (χ1n) is 7.59.